The maximum atomic E-state index is 13.7. The van der Waals surface area contributed by atoms with E-state index >= 15 is 0 Å². The zero-order chi connectivity index (χ0) is 25.3. The number of hydrogen-bond donors (Lipinski definition) is 1. The standard InChI is InChI=1S/C30H34N2O4/c1-3-17-31-30(34)26(18-23-7-5-4-6-8-23)32(20-25-11-9-22(2)10-12-25)29(33)16-14-24-13-15-27-28(19-24)36-21-35-27/h4-13,15,19,26H,3,14,16-18,20-21H2,1-2H3,(H,31,34)/t26-/m1/s1. The summed E-state index contributed by atoms with van der Waals surface area (Å²) in [5.41, 5.74) is 4.17. The van der Waals surface area contributed by atoms with Gasteiger partial charge >= 0.3 is 0 Å². The molecule has 0 spiro atoms. The second-order valence-corrected chi connectivity index (χ2v) is 9.19. The monoisotopic (exact) mass is 486 g/mol. The molecule has 0 fully saturated rings. The van der Waals surface area contributed by atoms with Crippen molar-refractivity contribution in [1.82, 2.24) is 10.2 Å². The number of amides is 2. The van der Waals surface area contributed by atoms with Crippen LogP contribution in [0.25, 0.3) is 0 Å². The predicted molar refractivity (Wildman–Crippen MR) is 140 cm³/mol. The molecular formula is C30H34N2O4. The highest BCUT2D eigenvalue weighted by Crippen LogP contribution is 2.33. The minimum Gasteiger partial charge on any atom is -0.454 e. The van der Waals surface area contributed by atoms with Crippen LogP contribution >= 0.6 is 0 Å². The number of ether oxygens (including phenoxy) is 2. The van der Waals surface area contributed by atoms with Crippen LogP contribution in [-0.4, -0.2) is 36.1 Å². The van der Waals surface area contributed by atoms with Gasteiger partial charge in [0.05, 0.1) is 0 Å². The Bertz CT molecular complexity index is 1160. The van der Waals surface area contributed by atoms with E-state index in [1.165, 1.54) is 0 Å². The van der Waals surface area contributed by atoms with E-state index in [1.807, 2.05) is 86.6 Å². The van der Waals surface area contributed by atoms with Gasteiger partial charge in [0.15, 0.2) is 11.5 Å². The van der Waals surface area contributed by atoms with Crippen molar-refractivity contribution < 1.29 is 19.1 Å². The Balaban J connectivity index is 1.57. The van der Waals surface area contributed by atoms with Crippen LogP contribution in [0.5, 0.6) is 11.5 Å². The molecule has 0 bridgehead atoms. The first kappa shape index (κ1) is 25.3. The highest BCUT2D eigenvalue weighted by molar-refractivity contribution is 5.88. The summed E-state index contributed by atoms with van der Waals surface area (Å²) in [7, 11) is 0. The lowest BCUT2D eigenvalue weighted by Crippen LogP contribution is -2.50. The molecule has 188 valence electrons. The van der Waals surface area contributed by atoms with Crippen LogP contribution in [0, 0.1) is 6.92 Å². The topological polar surface area (TPSA) is 67.9 Å². The smallest absolute Gasteiger partial charge is 0.243 e. The molecule has 3 aromatic rings. The minimum absolute atomic E-state index is 0.0548. The fraction of sp³-hybridized carbons (Fsp3) is 0.333. The van der Waals surface area contributed by atoms with Gasteiger partial charge in [-0.25, -0.2) is 0 Å². The number of benzene rings is 3. The number of fused-ring (bicyclic) bond motifs is 1. The van der Waals surface area contributed by atoms with Gasteiger partial charge < -0.3 is 19.7 Å². The van der Waals surface area contributed by atoms with Gasteiger partial charge in [0.25, 0.3) is 0 Å². The highest BCUT2D eigenvalue weighted by Gasteiger charge is 2.30. The van der Waals surface area contributed by atoms with Gasteiger partial charge in [0.2, 0.25) is 18.6 Å². The van der Waals surface area contributed by atoms with E-state index in [-0.39, 0.29) is 25.0 Å². The van der Waals surface area contributed by atoms with E-state index < -0.39 is 6.04 Å². The summed E-state index contributed by atoms with van der Waals surface area (Å²) < 4.78 is 10.9. The number of rotatable bonds is 11. The predicted octanol–water partition coefficient (Wildman–Crippen LogP) is 4.82. The van der Waals surface area contributed by atoms with Crippen molar-refractivity contribution in [1.29, 1.82) is 0 Å². The van der Waals surface area contributed by atoms with E-state index in [2.05, 4.69) is 5.32 Å². The Labute approximate surface area is 213 Å². The molecule has 0 aliphatic carbocycles. The molecule has 0 saturated heterocycles. The third-order valence-electron chi connectivity index (χ3n) is 6.36. The molecule has 0 unspecified atom stereocenters. The molecule has 36 heavy (non-hydrogen) atoms. The maximum absolute atomic E-state index is 13.7. The largest absolute Gasteiger partial charge is 0.454 e. The van der Waals surface area contributed by atoms with Gasteiger partial charge in [0.1, 0.15) is 6.04 Å². The number of nitrogens with one attached hydrogen (secondary N) is 1. The lowest BCUT2D eigenvalue weighted by atomic mass is 10.0. The zero-order valence-electron chi connectivity index (χ0n) is 21.0. The molecule has 3 aromatic carbocycles. The van der Waals surface area contributed by atoms with Gasteiger partial charge in [-0.05, 0) is 48.6 Å². The van der Waals surface area contributed by atoms with Gasteiger partial charge in [-0.15, -0.1) is 0 Å². The van der Waals surface area contributed by atoms with E-state index in [0.717, 1.165) is 34.4 Å². The molecular weight excluding hydrogens is 452 g/mol. The molecule has 6 nitrogen and oxygen atoms in total. The van der Waals surface area contributed by atoms with E-state index in [1.54, 1.807) is 4.90 Å². The lowest BCUT2D eigenvalue weighted by molar-refractivity contribution is -0.141. The number of carbonyl (C=O) groups excluding carboxylic acids is 2. The SMILES string of the molecule is CCCNC(=O)[C@@H](Cc1ccccc1)N(Cc1ccc(C)cc1)C(=O)CCc1ccc2c(c1)OCO2. The average molecular weight is 487 g/mol. The Morgan fingerprint density at radius 1 is 0.917 bits per heavy atom. The maximum Gasteiger partial charge on any atom is 0.243 e. The second kappa shape index (κ2) is 12.2. The number of hydrogen-bond acceptors (Lipinski definition) is 4. The van der Waals surface area contributed by atoms with E-state index in [4.69, 9.17) is 9.47 Å². The van der Waals surface area contributed by atoms with Crippen molar-refractivity contribution in [2.24, 2.45) is 0 Å². The van der Waals surface area contributed by atoms with Crippen LogP contribution in [0.15, 0.2) is 72.8 Å². The Morgan fingerprint density at radius 3 is 2.39 bits per heavy atom. The Kier molecular flexibility index (Phi) is 8.61. The first-order valence-corrected chi connectivity index (χ1v) is 12.6. The lowest BCUT2D eigenvalue weighted by Gasteiger charge is -2.31. The van der Waals surface area contributed by atoms with Crippen LogP contribution < -0.4 is 14.8 Å². The molecule has 0 radical (unpaired) electrons. The molecule has 6 heteroatoms. The van der Waals surface area contributed by atoms with Crippen LogP contribution in [0.3, 0.4) is 0 Å². The summed E-state index contributed by atoms with van der Waals surface area (Å²) in [6.45, 7) is 5.23. The summed E-state index contributed by atoms with van der Waals surface area (Å²) >= 11 is 0. The average Bonchev–Trinajstić information content (AvgIpc) is 3.37. The van der Waals surface area contributed by atoms with Gasteiger partial charge in [0, 0.05) is 25.9 Å². The summed E-state index contributed by atoms with van der Waals surface area (Å²) in [5.74, 6) is 1.25. The molecule has 1 atom stereocenters. The van der Waals surface area contributed by atoms with E-state index in [9.17, 15) is 9.59 Å². The fourth-order valence-corrected chi connectivity index (χ4v) is 4.30. The van der Waals surface area contributed by atoms with Crippen LogP contribution in [-0.2, 0) is 29.0 Å². The first-order chi connectivity index (χ1) is 17.5. The number of aryl methyl sites for hydroxylation is 2. The molecule has 0 saturated carbocycles. The van der Waals surface area contributed by atoms with Crippen molar-refractivity contribution in [3.63, 3.8) is 0 Å². The molecule has 1 aliphatic heterocycles. The zero-order valence-corrected chi connectivity index (χ0v) is 21.0. The molecule has 2 amide bonds. The third-order valence-corrected chi connectivity index (χ3v) is 6.36. The number of nitrogens with zero attached hydrogens (tertiary/aromatic N) is 1. The van der Waals surface area contributed by atoms with Crippen LogP contribution in [0.4, 0.5) is 0 Å². The minimum atomic E-state index is -0.607. The molecule has 1 N–H and O–H groups in total. The summed E-state index contributed by atoms with van der Waals surface area (Å²) in [5, 5.41) is 3.02. The molecule has 1 heterocycles. The van der Waals surface area contributed by atoms with Gasteiger partial charge in [-0.1, -0.05) is 73.2 Å². The van der Waals surface area contributed by atoms with Crippen LogP contribution in [0.1, 0.15) is 42.0 Å². The third kappa shape index (κ3) is 6.66. The van der Waals surface area contributed by atoms with Gasteiger partial charge in [-0.2, -0.15) is 0 Å². The van der Waals surface area contributed by atoms with Crippen LogP contribution in [0.2, 0.25) is 0 Å². The van der Waals surface area contributed by atoms with Crippen molar-refractivity contribution in [2.45, 2.75) is 52.1 Å². The van der Waals surface area contributed by atoms with Crippen molar-refractivity contribution in [3.05, 3.63) is 95.1 Å². The molecule has 0 aromatic heterocycles. The summed E-state index contributed by atoms with van der Waals surface area (Å²) in [4.78, 5) is 28.8. The van der Waals surface area contributed by atoms with Gasteiger partial charge in [-0.3, -0.25) is 9.59 Å². The van der Waals surface area contributed by atoms with Crippen molar-refractivity contribution in [2.75, 3.05) is 13.3 Å². The molecule has 1 aliphatic rings. The summed E-state index contributed by atoms with van der Waals surface area (Å²) in [6.07, 6.45) is 2.13. The highest BCUT2D eigenvalue weighted by atomic mass is 16.7. The quantitative estimate of drug-likeness (QED) is 0.422. The van der Waals surface area contributed by atoms with Crippen molar-refractivity contribution >= 4 is 11.8 Å². The second-order valence-electron chi connectivity index (χ2n) is 9.19. The first-order valence-electron chi connectivity index (χ1n) is 12.6. The molecule has 4 rings (SSSR count). The normalized spacial score (nSPS) is 12.7. The summed E-state index contributed by atoms with van der Waals surface area (Å²) in [6, 6.07) is 23.2. The van der Waals surface area contributed by atoms with Crippen molar-refractivity contribution in [3.8, 4) is 11.5 Å². The Morgan fingerprint density at radius 2 is 1.64 bits per heavy atom. The van der Waals surface area contributed by atoms with E-state index in [0.29, 0.717) is 31.7 Å². The Hall–Kier alpha value is -3.80. The number of carbonyl (C=O) groups is 2. The fourth-order valence-electron chi connectivity index (χ4n) is 4.30.